The number of rotatable bonds is 7. The van der Waals surface area contributed by atoms with Gasteiger partial charge < -0.3 is 10.2 Å². The van der Waals surface area contributed by atoms with Gasteiger partial charge in [0.05, 0.1) is 12.2 Å². The Morgan fingerprint density at radius 1 is 1.35 bits per heavy atom. The van der Waals surface area contributed by atoms with Crippen molar-refractivity contribution in [2.45, 2.75) is 46.3 Å². The highest BCUT2D eigenvalue weighted by Gasteiger charge is 2.31. The molecule has 1 aliphatic heterocycles. The summed E-state index contributed by atoms with van der Waals surface area (Å²) >= 11 is 0. The molecule has 0 spiro atoms. The number of likely N-dealkylation sites (tertiary alicyclic amines) is 1. The topological polar surface area (TPSA) is 62.5 Å². The van der Waals surface area contributed by atoms with E-state index in [4.69, 9.17) is 0 Å². The second-order valence-corrected chi connectivity index (χ2v) is 8.79. The van der Waals surface area contributed by atoms with Crippen molar-refractivity contribution in [2.24, 2.45) is 18.0 Å². The zero-order valence-electron chi connectivity index (χ0n) is 19.2. The van der Waals surface area contributed by atoms with Gasteiger partial charge in [0.1, 0.15) is 11.9 Å². The molecular formula is C24H34FN5O. The lowest BCUT2D eigenvalue weighted by Gasteiger charge is -2.35. The molecule has 1 N–H and O–H groups in total. The third-order valence-corrected chi connectivity index (χ3v) is 5.63. The largest absolute Gasteiger partial charge is 0.345 e. The molecule has 1 fully saturated rings. The van der Waals surface area contributed by atoms with Gasteiger partial charge in [0.15, 0.2) is 0 Å². The molecule has 2 heterocycles. The molecule has 7 heteroatoms. The SMILES string of the molecule is CCN=C(C(=O)N[C@H]1CCN(CC(C)C)C[C@@H]1F)c1cc(-c2cnn(C)c2)ccc1C. The summed E-state index contributed by atoms with van der Waals surface area (Å²) in [6.07, 6.45) is 3.25. The van der Waals surface area contributed by atoms with Crippen molar-refractivity contribution in [2.75, 3.05) is 26.2 Å². The Bertz CT molecular complexity index is 936. The van der Waals surface area contributed by atoms with E-state index in [1.807, 2.05) is 45.3 Å². The highest BCUT2D eigenvalue weighted by molar-refractivity contribution is 6.45. The third-order valence-electron chi connectivity index (χ3n) is 5.63. The van der Waals surface area contributed by atoms with Gasteiger partial charge in [0, 0.05) is 50.6 Å². The fourth-order valence-electron chi connectivity index (χ4n) is 4.11. The third kappa shape index (κ3) is 5.79. The number of benzene rings is 1. The summed E-state index contributed by atoms with van der Waals surface area (Å²) in [6, 6.07) is 5.48. The molecule has 0 aliphatic carbocycles. The van der Waals surface area contributed by atoms with Crippen LogP contribution in [0.25, 0.3) is 11.1 Å². The highest BCUT2D eigenvalue weighted by Crippen LogP contribution is 2.23. The van der Waals surface area contributed by atoms with Gasteiger partial charge in [-0.05, 0) is 43.4 Å². The number of carbonyl (C=O) groups excluding carboxylic acids is 1. The van der Waals surface area contributed by atoms with Crippen LogP contribution in [-0.4, -0.2) is 64.7 Å². The Morgan fingerprint density at radius 2 is 2.13 bits per heavy atom. The monoisotopic (exact) mass is 427 g/mol. The van der Waals surface area contributed by atoms with E-state index >= 15 is 0 Å². The molecule has 1 aromatic heterocycles. The summed E-state index contributed by atoms with van der Waals surface area (Å²) in [5, 5.41) is 7.16. The van der Waals surface area contributed by atoms with Crippen LogP contribution in [0.2, 0.25) is 0 Å². The minimum atomic E-state index is -1.08. The van der Waals surface area contributed by atoms with Gasteiger partial charge in [0.25, 0.3) is 5.91 Å². The predicted octanol–water partition coefficient (Wildman–Crippen LogP) is 3.39. The molecule has 3 rings (SSSR count). The minimum absolute atomic E-state index is 0.307. The van der Waals surface area contributed by atoms with E-state index in [2.05, 4.69) is 34.2 Å². The summed E-state index contributed by atoms with van der Waals surface area (Å²) in [6.45, 7) is 10.6. The van der Waals surface area contributed by atoms with Crippen LogP contribution in [0, 0.1) is 12.8 Å². The summed E-state index contributed by atoms with van der Waals surface area (Å²) in [5.41, 5.74) is 4.03. The number of carbonyl (C=O) groups is 1. The summed E-state index contributed by atoms with van der Waals surface area (Å²) < 4.78 is 16.6. The molecule has 0 radical (unpaired) electrons. The van der Waals surface area contributed by atoms with Gasteiger partial charge in [-0.3, -0.25) is 14.5 Å². The van der Waals surface area contributed by atoms with Crippen LogP contribution in [0.15, 0.2) is 35.6 Å². The van der Waals surface area contributed by atoms with E-state index in [0.29, 0.717) is 31.1 Å². The normalized spacial score (nSPS) is 20.3. The lowest BCUT2D eigenvalue weighted by atomic mass is 9.97. The fraction of sp³-hybridized carbons (Fsp3) is 0.542. The number of amides is 1. The van der Waals surface area contributed by atoms with Crippen molar-refractivity contribution in [1.29, 1.82) is 0 Å². The Balaban J connectivity index is 1.78. The maximum atomic E-state index is 14.8. The first-order valence-corrected chi connectivity index (χ1v) is 11.1. The quantitative estimate of drug-likeness (QED) is 0.689. The van der Waals surface area contributed by atoms with Gasteiger partial charge >= 0.3 is 0 Å². The van der Waals surface area contributed by atoms with Crippen molar-refractivity contribution in [3.8, 4) is 11.1 Å². The molecule has 1 amide bonds. The summed E-state index contributed by atoms with van der Waals surface area (Å²) in [7, 11) is 1.87. The zero-order valence-corrected chi connectivity index (χ0v) is 19.2. The molecule has 168 valence electrons. The van der Waals surface area contributed by atoms with Crippen LogP contribution in [0.1, 0.15) is 38.3 Å². The van der Waals surface area contributed by atoms with Crippen LogP contribution in [0.3, 0.4) is 0 Å². The van der Waals surface area contributed by atoms with Crippen molar-refractivity contribution in [3.63, 3.8) is 0 Å². The van der Waals surface area contributed by atoms with E-state index in [0.717, 1.165) is 35.3 Å². The maximum absolute atomic E-state index is 14.8. The van der Waals surface area contributed by atoms with Crippen molar-refractivity contribution in [1.82, 2.24) is 20.0 Å². The van der Waals surface area contributed by atoms with Crippen LogP contribution in [0.4, 0.5) is 4.39 Å². The Morgan fingerprint density at radius 3 is 2.74 bits per heavy atom. The predicted molar refractivity (Wildman–Crippen MR) is 123 cm³/mol. The summed E-state index contributed by atoms with van der Waals surface area (Å²) in [4.78, 5) is 19.8. The molecular weight excluding hydrogens is 393 g/mol. The van der Waals surface area contributed by atoms with E-state index in [9.17, 15) is 9.18 Å². The standard InChI is InChI=1S/C24H34FN5O/c1-6-26-23(20-11-18(8-7-17(20)4)19-12-27-29(5)14-19)24(31)28-22-9-10-30(13-16(2)3)15-21(22)25/h7-8,11-12,14,16,21-22H,6,9-10,13,15H2,1-5H3,(H,28,31)/t21-,22-/m0/s1. The second-order valence-electron chi connectivity index (χ2n) is 8.79. The van der Waals surface area contributed by atoms with Crippen LogP contribution >= 0.6 is 0 Å². The van der Waals surface area contributed by atoms with E-state index < -0.39 is 12.2 Å². The molecule has 2 aromatic rings. The van der Waals surface area contributed by atoms with Crippen LogP contribution < -0.4 is 5.32 Å². The molecule has 0 bridgehead atoms. The lowest BCUT2D eigenvalue weighted by Crippen LogP contribution is -2.54. The van der Waals surface area contributed by atoms with Gasteiger partial charge in [0.2, 0.25) is 0 Å². The zero-order chi connectivity index (χ0) is 22.5. The first-order valence-electron chi connectivity index (χ1n) is 11.1. The molecule has 0 saturated carbocycles. The van der Waals surface area contributed by atoms with E-state index in [1.54, 1.807) is 10.9 Å². The number of nitrogens with zero attached hydrogens (tertiary/aromatic N) is 4. The van der Waals surface area contributed by atoms with Crippen molar-refractivity contribution in [3.05, 3.63) is 41.7 Å². The summed E-state index contributed by atoms with van der Waals surface area (Å²) in [5.74, 6) is 0.190. The van der Waals surface area contributed by atoms with E-state index in [-0.39, 0.29) is 5.91 Å². The number of aryl methyl sites for hydroxylation is 2. The first-order chi connectivity index (χ1) is 14.8. The molecule has 1 aliphatic rings. The number of piperidine rings is 1. The Hall–Kier alpha value is -2.54. The number of alkyl halides is 1. The Labute approximate surface area is 184 Å². The van der Waals surface area contributed by atoms with Gasteiger partial charge in [-0.2, -0.15) is 5.10 Å². The number of halogens is 1. The highest BCUT2D eigenvalue weighted by atomic mass is 19.1. The molecule has 1 saturated heterocycles. The molecule has 31 heavy (non-hydrogen) atoms. The molecule has 2 atom stereocenters. The second kappa shape index (κ2) is 10.2. The van der Waals surface area contributed by atoms with Crippen LogP contribution in [-0.2, 0) is 11.8 Å². The van der Waals surface area contributed by atoms with Crippen LogP contribution in [0.5, 0.6) is 0 Å². The van der Waals surface area contributed by atoms with Gasteiger partial charge in [-0.15, -0.1) is 0 Å². The van der Waals surface area contributed by atoms with Crippen molar-refractivity contribution >= 4 is 11.6 Å². The number of aliphatic imine (C=N–C) groups is 1. The van der Waals surface area contributed by atoms with Crippen molar-refractivity contribution < 1.29 is 9.18 Å². The number of nitrogens with one attached hydrogen (secondary N) is 1. The lowest BCUT2D eigenvalue weighted by molar-refractivity contribution is -0.116. The number of hydrogen-bond acceptors (Lipinski definition) is 4. The average Bonchev–Trinajstić information content (AvgIpc) is 3.14. The first kappa shape index (κ1) is 23.1. The molecule has 1 aromatic carbocycles. The number of hydrogen-bond donors (Lipinski definition) is 1. The molecule has 0 unspecified atom stereocenters. The molecule has 6 nitrogen and oxygen atoms in total. The smallest absolute Gasteiger partial charge is 0.270 e. The minimum Gasteiger partial charge on any atom is -0.345 e. The fourth-order valence-corrected chi connectivity index (χ4v) is 4.11. The maximum Gasteiger partial charge on any atom is 0.270 e. The van der Waals surface area contributed by atoms with Gasteiger partial charge in [-0.1, -0.05) is 26.0 Å². The van der Waals surface area contributed by atoms with E-state index in [1.165, 1.54) is 0 Å². The Kier molecular flexibility index (Phi) is 7.59. The van der Waals surface area contributed by atoms with Gasteiger partial charge in [-0.25, -0.2) is 4.39 Å². The number of aromatic nitrogens is 2. The average molecular weight is 428 g/mol.